The quantitative estimate of drug-likeness (QED) is 0.630. The Kier molecular flexibility index (Phi) is 1.55. The van der Waals surface area contributed by atoms with E-state index in [9.17, 15) is 0 Å². The van der Waals surface area contributed by atoms with Crippen molar-refractivity contribution in [3.63, 3.8) is 0 Å². The molecule has 0 atom stereocenters. The zero-order chi connectivity index (χ0) is 8.39. The molecule has 0 aromatic carbocycles. The third-order valence-corrected chi connectivity index (χ3v) is 1.57. The van der Waals surface area contributed by atoms with Gasteiger partial charge in [0.1, 0.15) is 0 Å². The largest absolute Gasteiger partial charge is 0.188 e. The van der Waals surface area contributed by atoms with Crippen LogP contribution in [0.25, 0.3) is 0 Å². The van der Waals surface area contributed by atoms with Crippen molar-refractivity contribution in [3.8, 4) is 0 Å². The van der Waals surface area contributed by atoms with Gasteiger partial charge in [-0.2, -0.15) is 24.9 Å². The Bertz CT molecular complexity index is 288. The molecule has 0 N–H and O–H groups in total. The van der Waals surface area contributed by atoms with Gasteiger partial charge in [-0.05, 0) is 12.1 Å². The summed E-state index contributed by atoms with van der Waals surface area (Å²) in [4.78, 5) is 3.38. The Hall–Kier alpha value is -1.78. The van der Waals surface area contributed by atoms with E-state index >= 15 is 0 Å². The SMILES string of the molecule is CN(n1cccn1)n1cccn1. The lowest BCUT2D eigenvalue weighted by Crippen LogP contribution is -2.36. The number of nitrogens with zero attached hydrogens (tertiary/aromatic N) is 5. The van der Waals surface area contributed by atoms with Gasteiger partial charge in [-0.25, -0.2) is 0 Å². The van der Waals surface area contributed by atoms with E-state index in [1.807, 2.05) is 31.6 Å². The fourth-order valence-corrected chi connectivity index (χ4v) is 0.958. The summed E-state index contributed by atoms with van der Waals surface area (Å²) in [6.07, 6.45) is 7.14. The predicted molar refractivity (Wildman–Crippen MR) is 44.0 cm³/mol. The molecule has 2 rings (SSSR count). The molecule has 2 heterocycles. The second kappa shape index (κ2) is 2.69. The number of hydrogen-bond donors (Lipinski definition) is 0. The van der Waals surface area contributed by atoms with Gasteiger partial charge in [-0.1, -0.05) is 0 Å². The highest BCUT2D eigenvalue weighted by Gasteiger charge is 1.98. The summed E-state index contributed by atoms with van der Waals surface area (Å²) in [6, 6.07) is 3.72. The van der Waals surface area contributed by atoms with Gasteiger partial charge < -0.3 is 0 Å². The van der Waals surface area contributed by atoms with Crippen molar-refractivity contribution in [3.05, 3.63) is 36.9 Å². The molecule has 62 valence electrons. The molecule has 0 aliphatic carbocycles. The lowest BCUT2D eigenvalue weighted by molar-refractivity contribution is 0.474. The molecule has 0 fully saturated rings. The Morgan fingerprint density at radius 2 is 1.50 bits per heavy atom. The molecule has 0 saturated heterocycles. The van der Waals surface area contributed by atoms with E-state index in [1.165, 1.54) is 0 Å². The highest BCUT2D eigenvalue weighted by Crippen LogP contribution is 1.89. The first kappa shape index (κ1) is 6.90. The van der Waals surface area contributed by atoms with Crippen LogP contribution in [0.4, 0.5) is 0 Å². The van der Waals surface area contributed by atoms with Gasteiger partial charge >= 0.3 is 0 Å². The topological polar surface area (TPSA) is 38.9 Å². The normalized spacial score (nSPS) is 10.1. The second-order valence-electron chi connectivity index (χ2n) is 2.34. The van der Waals surface area contributed by atoms with Crippen molar-refractivity contribution in [1.82, 2.24) is 19.8 Å². The van der Waals surface area contributed by atoms with E-state index in [0.29, 0.717) is 0 Å². The molecule has 0 aliphatic heterocycles. The molecule has 0 unspecified atom stereocenters. The Balaban J connectivity index is 2.27. The van der Waals surface area contributed by atoms with Crippen LogP contribution in [0.15, 0.2) is 36.9 Å². The molecule has 0 amide bonds. The average Bonchev–Trinajstić information content (AvgIpc) is 2.77. The number of aromatic nitrogens is 4. The van der Waals surface area contributed by atoms with E-state index < -0.39 is 0 Å². The monoisotopic (exact) mass is 163 g/mol. The zero-order valence-corrected chi connectivity index (χ0v) is 6.70. The van der Waals surface area contributed by atoms with Crippen molar-refractivity contribution >= 4 is 0 Å². The van der Waals surface area contributed by atoms with Crippen LogP contribution in [0.1, 0.15) is 0 Å². The Morgan fingerprint density at radius 1 is 1.00 bits per heavy atom. The summed E-state index contributed by atoms with van der Waals surface area (Å²) in [5.41, 5.74) is 0. The van der Waals surface area contributed by atoms with E-state index in [2.05, 4.69) is 10.2 Å². The molecule has 0 aliphatic rings. The Labute approximate surface area is 69.8 Å². The van der Waals surface area contributed by atoms with Crippen molar-refractivity contribution in [1.29, 1.82) is 0 Å². The number of hydrogen-bond acceptors (Lipinski definition) is 3. The van der Waals surface area contributed by atoms with Gasteiger partial charge in [0, 0.05) is 7.05 Å². The lowest BCUT2D eigenvalue weighted by atomic mass is 10.8. The van der Waals surface area contributed by atoms with E-state index in [1.54, 1.807) is 27.1 Å². The first-order chi connectivity index (χ1) is 5.88. The van der Waals surface area contributed by atoms with Crippen molar-refractivity contribution in [2.75, 3.05) is 12.2 Å². The average molecular weight is 163 g/mol. The maximum Gasteiger partial charge on any atom is 0.0511 e. The standard InChI is InChI=1S/C7H9N5/c1-10(11-6-2-4-8-11)12-7-3-5-9-12/h2-7H,1H3. The van der Waals surface area contributed by atoms with Crippen LogP contribution in [-0.4, -0.2) is 26.8 Å². The molecule has 2 aromatic rings. The minimum absolute atomic E-state index is 1.69. The van der Waals surface area contributed by atoms with Crippen LogP contribution in [0.5, 0.6) is 0 Å². The molecule has 0 radical (unpaired) electrons. The fourth-order valence-electron chi connectivity index (χ4n) is 0.958. The Morgan fingerprint density at radius 3 is 1.83 bits per heavy atom. The molecule has 0 bridgehead atoms. The van der Waals surface area contributed by atoms with E-state index in [0.717, 1.165) is 0 Å². The van der Waals surface area contributed by atoms with Crippen molar-refractivity contribution < 1.29 is 0 Å². The molecule has 0 saturated carbocycles. The van der Waals surface area contributed by atoms with Crippen molar-refractivity contribution in [2.24, 2.45) is 0 Å². The van der Waals surface area contributed by atoms with Gasteiger partial charge in [0.2, 0.25) is 0 Å². The van der Waals surface area contributed by atoms with Crippen LogP contribution < -0.4 is 5.12 Å². The van der Waals surface area contributed by atoms with E-state index in [-0.39, 0.29) is 0 Å². The summed E-state index contributed by atoms with van der Waals surface area (Å²) < 4.78 is 0. The molecular weight excluding hydrogens is 154 g/mol. The van der Waals surface area contributed by atoms with E-state index in [4.69, 9.17) is 0 Å². The highest BCUT2D eigenvalue weighted by molar-refractivity contribution is 4.87. The van der Waals surface area contributed by atoms with Crippen LogP contribution in [0, 0.1) is 0 Å². The second-order valence-corrected chi connectivity index (χ2v) is 2.34. The molecule has 5 heteroatoms. The highest BCUT2D eigenvalue weighted by atomic mass is 15.9. The molecule has 5 nitrogen and oxygen atoms in total. The summed E-state index contributed by atoms with van der Waals surface area (Å²) in [7, 11) is 1.88. The molecule has 2 aromatic heterocycles. The van der Waals surface area contributed by atoms with Gasteiger partial charge in [-0.3, -0.25) is 0 Å². The van der Waals surface area contributed by atoms with Crippen molar-refractivity contribution in [2.45, 2.75) is 0 Å². The van der Waals surface area contributed by atoms with Crippen LogP contribution in [0.3, 0.4) is 0 Å². The fraction of sp³-hybridized carbons (Fsp3) is 0.143. The molecule has 0 spiro atoms. The summed E-state index contributed by atoms with van der Waals surface area (Å²) in [6.45, 7) is 0. The van der Waals surface area contributed by atoms with Gasteiger partial charge in [0.15, 0.2) is 0 Å². The zero-order valence-electron chi connectivity index (χ0n) is 6.70. The minimum atomic E-state index is 1.69. The predicted octanol–water partition coefficient (Wildman–Crippen LogP) is 0.111. The molecule has 12 heavy (non-hydrogen) atoms. The summed E-state index contributed by atoms with van der Waals surface area (Å²) in [5.74, 6) is 0. The first-order valence-electron chi connectivity index (χ1n) is 3.61. The summed E-state index contributed by atoms with van der Waals surface area (Å²) in [5, 5.41) is 9.89. The van der Waals surface area contributed by atoms with Gasteiger partial charge in [-0.15, -0.1) is 0 Å². The number of rotatable bonds is 2. The third kappa shape index (κ3) is 1.05. The van der Waals surface area contributed by atoms with Gasteiger partial charge in [0.05, 0.1) is 24.8 Å². The lowest BCUT2D eigenvalue weighted by Gasteiger charge is -2.17. The van der Waals surface area contributed by atoms with Gasteiger partial charge in [0.25, 0.3) is 0 Å². The third-order valence-electron chi connectivity index (χ3n) is 1.57. The maximum atomic E-state index is 4.05. The smallest absolute Gasteiger partial charge is 0.0511 e. The first-order valence-corrected chi connectivity index (χ1v) is 3.61. The summed E-state index contributed by atoms with van der Waals surface area (Å²) >= 11 is 0. The molecular formula is C7H9N5. The van der Waals surface area contributed by atoms with Crippen LogP contribution in [-0.2, 0) is 0 Å². The van der Waals surface area contributed by atoms with Crippen LogP contribution >= 0.6 is 0 Å². The maximum absolute atomic E-state index is 4.05. The van der Waals surface area contributed by atoms with Crippen LogP contribution in [0.2, 0.25) is 0 Å². The minimum Gasteiger partial charge on any atom is -0.188 e.